The number of nitrogens with one attached hydrogen (secondary N) is 1. The number of nitrogens with zero attached hydrogens (tertiary/aromatic N) is 4. The molecular weight excluding hydrogens is 366 g/mol. The minimum absolute atomic E-state index is 0.0143. The Bertz CT molecular complexity index is 841. The van der Waals surface area contributed by atoms with Gasteiger partial charge < -0.3 is 19.9 Å². The molecule has 1 fully saturated rings. The quantitative estimate of drug-likeness (QED) is 0.838. The van der Waals surface area contributed by atoms with Gasteiger partial charge in [-0.25, -0.2) is 9.97 Å². The van der Waals surface area contributed by atoms with Crippen molar-refractivity contribution in [3.8, 4) is 5.75 Å². The Balaban J connectivity index is 1.46. The van der Waals surface area contributed by atoms with Crippen LogP contribution in [0.3, 0.4) is 0 Å². The molecule has 154 valence electrons. The monoisotopic (exact) mass is 395 g/mol. The fourth-order valence-corrected chi connectivity index (χ4v) is 4.17. The van der Waals surface area contributed by atoms with Crippen molar-refractivity contribution in [3.63, 3.8) is 0 Å². The normalized spacial score (nSPS) is 19.5. The summed E-state index contributed by atoms with van der Waals surface area (Å²) in [7, 11) is 4.04. The van der Waals surface area contributed by atoms with Crippen LogP contribution in [0.5, 0.6) is 5.75 Å². The van der Waals surface area contributed by atoms with Gasteiger partial charge >= 0.3 is 0 Å². The first-order chi connectivity index (χ1) is 14.1. The number of benzene rings is 1. The summed E-state index contributed by atoms with van der Waals surface area (Å²) < 4.78 is 5.63. The topological polar surface area (TPSA) is 70.6 Å². The van der Waals surface area contributed by atoms with Gasteiger partial charge in [0.1, 0.15) is 17.4 Å². The third-order valence-electron chi connectivity index (χ3n) is 5.76. The number of piperidine rings is 1. The van der Waals surface area contributed by atoms with Gasteiger partial charge in [-0.3, -0.25) is 4.79 Å². The summed E-state index contributed by atoms with van der Waals surface area (Å²) in [5, 5.41) is 3.23. The van der Waals surface area contributed by atoms with Crippen LogP contribution in [0.2, 0.25) is 0 Å². The minimum Gasteiger partial charge on any atom is -0.484 e. The highest BCUT2D eigenvalue weighted by Crippen LogP contribution is 2.29. The average Bonchev–Trinajstić information content (AvgIpc) is 2.77. The van der Waals surface area contributed by atoms with Crippen LogP contribution in [0.25, 0.3) is 0 Å². The summed E-state index contributed by atoms with van der Waals surface area (Å²) in [6.45, 7) is 3.37. The fraction of sp³-hybridized carbons (Fsp3) is 0.500. The molecule has 0 unspecified atom stereocenters. The second kappa shape index (κ2) is 8.78. The minimum atomic E-state index is -0.0143. The van der Waals surface area contributed by atoms with Gasteiger partial charge in [0.25, 0.3) is 5.91 Å². The summed E-state index contributed by atoms with van der Waals surface area (Å²) in [4.78, 5) is 26.6. The van der Waals surface area contributed by atoms with Gasteiger partial charge in [0, 0.05) is 38.0 Å². The summed E-state index contributed by atoms with van der Waals surface area (Å²) in [5.74, 6) is 2.86. The van der Waals surface area contributed by atoms with Crippen molar-refractivity contribution < 1.29 is 9.53 Å². The molecule has 1 saturated heterocycles. The number of hydrogen-bond acceptors (Lipinski definition) is 6. The van der Waals surface area contributed by atoms with Crippen LogP contribution < -0.4 is 10.1 Å². The highest BCUT2D eigenvalue weighted by atomic mass is 16.5. The number of aromatic nitrogens is 2. The van der Waals surface area contributed by atoms with Crippen molar-refractivity contribution in [2.45, 2.75) is 31.7 Å². The van der Waals surface area contributed by atoms with E-state index in [1.54, 1.807) is 0 Å². The maximum atomic E-state index is 12.7. The van der Waals surface area contributed by atoms with Crippen LogP contribution in [-0.4, -0.2) is 66.0 Å². The number of para-hydroxylation sites is 1. The van der Waals surface area contributed by atoms with Crippen LogP contribution in [0, 0.1) is 0 Å². The molecule has 0 bridgehead atoms. The van der Waals surface area contributed by atoms with E-state index in [2.05, 4.69) is 17.3 Å². The van der Waals surface area contributed by atoms with Crippen molar-refractivity contribution in [1.29, 1.82) is 0 Å². The summed E-state index contributed by atoms with van der Waals surface area (Å²) in [6, 6.07) is 9.44. The van der Waals surface area contributed by atoms with Gasteiger partial charge in [0.05, 0.1) is 12.2 Å². The lowest BCUT2D eigenvalue weighted by Crippen LogP contribution is -2.40. The van der Waals surface area contributed by atoms with Gasteiger partial charge in [-0.1, -0.05) is 18.2 Å². The third kappa shape index (κ3) is 4.50. The highest BCUT2D eigenvalue weighted by molar-refractivity contribution is 5.78. The Labute approximate surface area is 172 Å². The molecule has 1 N–H and O–H groups in total. The maximum Gasteiger partial charge on any atom is 0.260 e. The van der Waals surface area contributed by atoms with Crippen molar-refractivity contribution in [2.75, 3.05) is 45.7 Å². The van der Waals surface area contributed by atoms with E-state index < -0.39 is 0 Å². The van der Waals surface area contributed by atoms with Gasteiger partial charge in [0.15, 0.2) is 6.61 Å². The first kappa shape index (κ1) is 19.6. The molecule has 0 radical (unpaired) electrons. The Morgan fingerprint density at radius 1 is 1.24 bits per heavy atom. The van der Waals surface area contributed by atoms with Gasteiger partial charge in [0.2, 0.25) is 0 Å². The molecule has 7 heteroatoms. The summed E-state index contributed by atoms with van der Waals surface area (Å²) >= 11 is 0. The number of carbonyl (C=O) groups excluding carboxylic acids is 1. The zero-order valence-electron chi connectivity index (χ0n) is 17.2. The van der Waals surface area contributed by atoms with Crippen LogP contribution in [0.1, 0.15) is 35.8 Å². The number of hydrogen-bond donors (Lipinski definition) is 1. The van der Waals surface area contributed by atoms with Crippen molar-refractivity contribution in [1.82, 2.24) is 19.8 Å². The maximum absolute atomic E-state index is 12.7. The predicted octanol–water partition coefficient (Wildman–Crippen LogP) is 2.29. The molecule has 2 aliphatic heterocycles. The van der Waals surface area contributed by atoms with E-state index in [0.29, 0.717) is 24.8 Å². The van der Waals surface area contributed by atoms with E-state index in [9.17, 15) is 4.79 Å². The third-order valence-corrected chi connectivity index (χ3v) is 5.76. The smallest absolute Gasteiger partial charge is 0.260 e. The zero-order valence-corrected chi connectivity index (χ0v) is 17.2. The van der Waals surface area contributed by atoms with Gasteiger partial charge in [-0.2, -0.15) is 0 Å². The molecule has 29 heavy (non-hydrogen) atoms. The lowest BCUT2D eigenvalue weighted by atomic mass is 9.96. The van der Waals surface area contributed by atoms with Crippen LogP contribution in [-0.2, 0) is 17.8 Å². The van der Waals surface area contributed by atoms with E-state index >= 15 is 0 Å². The second-order valence-electron chi connectivity index (χ2n) is 7.87. The lowest BCUT2D eigenvalue weighted by molar-refractivity contribution is -0.134. The summed E-state index contributed by atoms with van der Waals surface area (Å²) in [5.41, 5.74) is 2.10. The molecule has 4 rings (SSSR count). The largest absolute Gasteiger partial charge is 0.484 e. The highest BCUT2D eigenvalue weighted by Gasteiger charge is 2.28. The number of anilines is 1. The number of rotatable bonds is 5. The zero-order chi connectivity index (χ0) is 20.2. The van der Waals surface area contributed by atoms with Gasteiger partial charge in [-0.15, -0.1) is 0 Å². The molecule has 7 nitrogen and oxygen atoms in total. The van der Waals surface area contributed by atoms with Crippen molar-refractivity contribution in [2.24, 2.45) is 0 Å². The van der Waals surface area contributed by atoms with E-state index in [-0.39, 0.29) is 12.5 Å². The molecule has 0 saturated carbocycles. The van der Waals surface area contributed by atoms with Crippen molar-refractivity contribution >= 4 is 11.7 Å². The standard InChI is InChI=1S/C22H29N5O2/c1-23-22-18-14-27(20(28)15-29-17-8-4-3-5-9-17)12-10-19(18)24-21(25-22)16-7-6-11-26(2)13-16/h3-5,8-9,16H,6-7,10-15H2,1-2H3,(H,23,24,25)/t16-/m1/s1. The number of amides is 1. The Morgan fingerprint density at radius 3 is 2.83 bits per heavy atom. The lowest BCUT2D eigenvalue weighted by Gasteiger charge is -2.32. The Morgan fingerprint density at radius 2 is 2.07 bits per heavy atom. The number of likely N-dealkylation sites (N-methyl/N-ethyl adjacent to an activating group) is 1. The molecule has 1 amide bonds. The Kier molecular flexibility index (Phi) is 5.94. The molecule has 1 aromatic heterocycles. The summed E-state index contributed by atoms with van der Waals surface area (Å²) in [6.07, 6.45) is 3.06. The molecule has 1 aromatic carbocycles. The molecule has 1 atom stereocenters. The molecule has 3 heterocycles. The Hall–Kier alpha value is -2.67. The number of likely N-dealkylation sites (tertiary alicyclic amines) is 1. The first-order valence-corrected chi connectivity index (χ1v) is 10.4. The predicted molar refractivity (Wildman–Crippen MR) is 112 cm³/mol. The fourth-order valence-electron chi connectivity index (χ4n) is 4.17. The number of fused-ring (bicyclic) bond motifs is 1. The van der Waals surface area contributed by atoms with E-state index in [4.69, 9.17) is 14.7 Å². The van der Waals surface area contributed by atoms with Crippen LogP contribution in [0.4, 0.5) is 5.82 Å². The molecular formula is C22H29N5O2. The molecule has 2 aliphatic rings. The molecule has 2 aromatic rings. The SMILES string of the molecule is CNc1nc([C@@H]2CCCN(C)C2)nc2c1CN(C(=O)COc1ccccc1)CC2. The first-order valence-electron chi connectivity index (χ1n) is 10.4. The molecule has 0 aliphatic carbocycles. The van der Waals surface area contributed by atoms with Crippen molar-refractivity contribution in [3.05, 3.63) is 47.4 Å². The number of carbonyl (C=O) groups is 1. The van der Waals surface area contributed by atoms with Crippen LogP contribution >= 0.6 is 0 Å². The molecule has 0 spiro atoms. The van der Waals surface area contributed by atoms with Gasteiger partial charge in [-0.05, 0) is 38.6 Å². The average molecular weight is 396 g/mol. The van der Waals surface area contributed by atoms with E-state index in [0.717, 1.165) is 48.8 Å². The van der Waals surface area contributed by atoms with Crippen LogP contribution in [0.15, 0.2) is 30.3 Å². The second-order valence-corrected chi connectivity index (χ2v) is 7.87. The van der Waals surface area contributed by atoms with E-state index in [1.165, 1.54) is 6.42 Å². The number of ether oxygens (including phenoxy) is 1. The van der Waals surface area contributed by atoms with E-state index in [1.807, 2.05) is 42.3 Å².